The quantitative estimate of drug-likeness (QED) is 0.136. The van der Waals surface area contributed by atoms with Crippen molar-refractivity contribution < 1.29 is 22.8 Å². The number of rotatable bonds is 20. The highest BCUT2D eigenvalue weighted by atomic mass is 32.2. The number of quaternary nitrogens is 1. The van der Waals surface area contributed by atoms with Crippen LogP contribution in [-0.2, 0) is 14.9 Å². The van der Waals surface area contributed by atoms with Crippen molar-refractivity contribution in [2.45, 2.75) is 154 Å². The molecule has 1 fully saturated rings. The molecule has 39 heavy (non-hydrogen) atoms. The van der Waals surface area contributed by atoms with Crippen molar-refractivity contribution in [3.8, 4) is 0 Å². The van der Waals surface area contributed by atoms with E-state index in [9.17, 15) is 17.8 Å². The topological polar surface area (TPSA) is 82.0 Å². The second-order valence-corrected chi connectivity index (χ2v) is 13.0. The number of nitrogens with one attached hydrogen (secondary N) is 1. The van der Waals surface area contributed by atoms with Gasteiger partial charge < -0.3 is 4.55 Å². The molecule has 1 amide bonds. The van der Waals surface area contributed by atoms with Crippen LogP contribution in [0.15, 0.2) is 29.2 Å². The number of benzene rings is 1. The standard InChI is InChI=1S/C25H50N2O.C7H8O3S/c1-4-5-6-7-8-9-10-11-12-13-14-15-16-17-18-19-22-26(24(2)3)27-23-20-21-25(27)28;1-6-2-4-7(5-3-6)11(8,9)10/h24H,4-23H2,1-3H3;2-5H,1H3,(H,8,9,10). The second kappa shape index (κ2) is 21.3. The zero-order chi connectivity index (χ0) is 28.9. The Morgan fingerprint density at radius 1 is 0.795 bits per heavy atom. The van der Waals surface area contributed by atoms with E-state index in [-0.39, 0.29) is 4.90 Å². The Morgan fingerprint density at radius 3 is 1.59 bits per heavy atom. The summed E-state index contributed by atoms with van der Waals surface area (Å²) < 4.78 is 31.2. The van der Waals surface area contributed by atoms with E-state index in [2.05, 4.69) is 25.8 Å². The maximum atomic E-state index is 12.0. The Morgan fingerprint density at radius 2 is 1.23 bits per heavy atom. The molecular weight excluding hydrogens is 508 g/mol. The molecule has 1 aliphatic rings. The van der Waals surface area contributed by atoms with Gasteiger partial charge in [0.2, 0.25) is 0 Å². The van der Waals surface area contributed by atoms with Gasteiger partial charge in [-0.05, 0) is 52.2 Å². The molecule has 1 unspecified atom stereocenters. The molecule has 0 aromatic heterocycles. The molecule has 7 heteroatoms. The molecule has 1 aliphatic heterocycles. The van der Waals surface area contributed by atoms with Crippen LogP contribution >= 0.6 is 0 Å². The Hall–Kier alpha value is -1.44. The van der Waals surface area contributed by atoms with Crippen LogP contribution in [0.4, 0.5) is 0 Å². The zero-order valence-corrected chi connectivity index (χ0v) is 26.3. The first-order chi connectivity index (χ1) is 18.7. The fourth-order valence-corrected chi connectivity index (χ4v) is 5.72. The molecule has 0 radical (unpaired) electrons. The van der Waals surface area contributed by atoms with Crippen LogP contribution < -0.4 is 5.01 Å². The molecule has 1 N–H and O–H groups in total. The Labute approximate surface area is 240 Å². The van der Waals surface area contributed by atoms with Gasteiger partial charge in [0.25, 0.3) is 5.91 Å². The van der Waals surface area contributed by atoms with E-state index >= 15 is 0 Å². The van der Waals surface area contributed by atoms with Crippen LogP contribution in [0.25, 0.3) is 0 Å². The lowest BCUT2D eigenvalue weighted by Crippen LogP contribution is -3.21. The third-order valence-corrected chi connectivity index (χ3v) is 8.53. The summed E-state index contributed by atoms with van der Waals surface area (Å²) in [6.07, 6.45) is 24.4. The molecule has 1 atom stereocenters. The summed E-state index contributed by atoms with van der Waals surface area (Å²) in [5, 5.41) is 3.49. The molecular formula is C32H58N2O4S. The molecule has 6 nitrogen and oxygen atoms in total. The minimum Gasteiger partial charge on any atom is -0.744 e. The first kappa shape index (κ1) is 35.6. The molecule has 226 valence electrons. The third-order valence-electron chi connectivity index (χ3n) is 7.68. The summed E-state index contributed by atoms with van der Waals surface area (Å²) in [5.41, 5.74) is 0.928. The normalized spacial score (nSPS) is 14.5. The molecule has 0 bridgehead atoms. The maximum Gasteiger partial charge on any atom is 0.267 e. The number of carbonyl (C=O) groups excluding carboxylic acids is 1. The summed E-state index contributed by atoms with van der Waals surface area (Å²) in [4.78, 5) is 11.8. The van der Waals surface area contributed by atoms with Crippen molar-refractivity contribution in [1.82, 2.24) is 5.01 Å². The Balaban J connectivity index is 0.000000573. The van der Waals surface area contributed by atoms with E-state index in [4.69, 9.17) is 0 Å². The molecule has 0 spiro atoms. The lowest BCUT2D eigenvalue weighted by Gasteiger charge is -2.30. The zero-order valence-electron chi connectivity index (χ0n) is 25.5. The number of nitrogens with zero attached hydrogens (tertiary/aromatic N) is 1. The van der Waals surface area contributed by atoms with Crippen molar-refractivity contribution in [3.05, 3.63) is 29.8 Å². The van der Waals surface area contributed by atoms with Crippen LogP contribution in [0.2, 0.25) is 0 Å². The number of unbranched alkanes of at least 4 members (excludes halogenated alkanes) is 15. The van der Waals surface area contributed by atoms with Crippen LogP contribution in [0.5, 0.6) is 0 Å². The van der Waals surface area contributed by atoms with Crippen molar-refractivity contribution in [3.63, 3.8) is 0 Å². The van der Waals surface area contributed by atoms with Gasteiger partial charge >= 0.3 is 0 Å². The molecule has 1 heterocycles. The van der Waals surface area contributed by atoms with E-state index < -0.39 is 10.1 Å². The van der Waals surface area contributed by atoms with Gasteiger partial charge in [0.15, 0.2) is 0 Å². The first-order valence-corrected chi connectivity index (χ1v) is 17.3. The number of aryl methyl sites for hydroxylation is 1. The number of amides is 1. The second-order valence-electron chi connectivity index (χ2n) is 11.6. The summed E-state index contributed by atoms with van der Waals surface area (Å²) in [5.74, 6) is 0.361. The summed E-state index contributed by atoms with van der Waals surface area (Å²) in [6, 6.07) is 6.30. The van der Waals surface area contributed by atoms with E-state index in [1.54, 1.807) is 12.1 Å². The lowest BCUT2D eigenvalue weighted by atomic mass is 10.0. The van der Waals surface area contributed by atoms with Crippen LogP contribution in [-0.4, -0.2) is 43.0 Å². The SMILES string of the molecule is CCCCCCCCCCCCCCCCCC[NH+](C(C)C)N1CCCC1=O.Cc1ccc(S(=O)(=O)[O-])cc1. The molecule has 1 saturated heterocycles. The number of carbonyl (C=O) groups is 1. The van der Waals surface area contributed by atoms with Crippen LogP contribution in [0.1, 0.15) is 142 Å². The monoisotopic (exact) mass is 566 g/mol. The van der Waals surface area contributed by atoms with E-state index in [1.807, 2.05) is 6.92 Å². The highest BCUT2D eigenvalue weighted by Crippen LogP contribution is 2.14. The molecule has 2 rings (SSSR count). The van der Waals surface area contributed by atoms with Gasteiger partial charge in [0, 0.05) is 6.42 Å². The Kier molecular flexibility index (Phi) is 19.5. The van der Waals surface area contributed by atoms with Gasteiger partial charge in [-0.15, -0.1) is 0 Å². The van der Waals surface area contributed by atoms with Gasteiger partial charge in [-0.2, -0.15) is 5.01 Å². The van der Waals surface area contributed by atoms with Crippen molar-refractivity contribution in [1.29, 1.82) is 0 Å². The van der Waals surface area contributed by atoms with Crippen LogP contribution in [0, 0.1) is 6.92 Å². The van der Waals surface area contributed by atoms with Crippen molar-refractivity contribution >= 4 is 16.0 Å². The fraction of sp³-hybridized carbons (Fsp3) is 0.781. The molecule has 0 saturated carbocycles. The average molecular weight is 567 g/mol. The Bertz CT molecular complexity index is 855. The van der Waals surface area contributed by atoms with Crippen molar-refractivity contribution in [2.75, 3.05) is 13.1 Å². The number of hydrogen-bond donors (Lipinski definition) is 1. The fourth-order valence-electron chi connectivity index (χ4n) is 5.25. The van der Waals surface area contributed by atoms with E-state index in [0.29, 0.717) is 11.9 Å². The van der Waals surface area contributed by atoms with Crippen LogP contribution in [0.3, 0.4) is 0 Å². The van der Waals surface area contributed by atoms with Crippen molar-refractivity contribution in [2.24, 2.45) is 0 Å². The van der Waals surface area contributed by atoms with E-state index in [0.717, 1.165) is 31.5 Å². The van der Waals surface area contributed by atoms with E-state index in [1.165, 1.54) is 120 Å². The summed E-state index contributed by atoms with van der Waals surface area (Å²) >= 11 is 0. The first-order valence-electron chi connectivity index (χ1n) is 15.9. The maximum absolute atomic E-state index is 12.0. The smallest absolute Gasteiger partial charge is 0.267 e. The largest absolute Gasteiger partial charge is 0.744 e. The van der Waals surface area contributed by atoms with Gasteiger partial charge in [-0.3, -0.25) is 4.79 Å². The van der Waals surface area contributed by atoms with Gasteiger partial charge in [0.05, 0.1) is 18.0 Å². The highest BCUT2D eigenvalue weighted by molar-refractivity contribution is 7.85. The van der Waals surface area contributed by atoms with Gasteiger partial charge in [0.1, 0.15) is 16.2 Å². The predicted molar refractivity (Wildman–Crippen MR) is 161 cm³/mol. The molecule has 1 aromatic rings. The highest BCUT2D eigenvalue weighted by Gasteiger charge is 2.31. The number of hydrogen-bond acceptors (Lipinski definition) is 4. The molecule has 0 aliphatic carbocycles. The van der Waals surface area contributed by atoms with Gasteiger partial charge in [-0.25, -0.2) is 13.4 Å². The third kappa shape index (κ3) is 17.1. The minimum absolute atomic E-state index is 0.178. The minimum atomic E-state index is -4.27. The lowest BCUT2D eigenvalue weighted by molar-refractivity contribution is -1.02. The summed E-state index contributed by atoms with van der Waals surface area (Å²) in [7, 11) is -4.27. The predicted octanol–water partition coefficient (Wildman–Crippen LogP) is 6.98. The van der Waals surface area contributed by atoms with Gasteiger partial charge in [-0.1, -0.05) is 115 Å². The average Bonchev–Trinajstić information content (AvgIpc) is 3.31. The summed E-state index contributed by atoms with van der Waals surface area (Å²) in [6.45, 7) is 10.7. The molecule has 1 aromatic carbocycles.